The van der Waals surface area contributed by atoms with E-state index >= 15 is 0 Å². The van der Waals surface area contributed by atoms with Crippen LogP contribution in [0.2, 0.25) is 0 Å². The highest BCUT2D eigenvalue weighted by atomic mass is 16.5. The van der Waals surface area contributed by atoms with Gasteiger partial charge in [0.05, 0.1) is 0 Å². The SMILES string of the molecule is CNC(C)(COc1cccc(C(C)(C)C)c1)C(N)=O. The first-order valence-electron chi connectivity index (χ1n) is 6.41. The largest absolute Gasteiger partial charge is 0.491 e. The fraction of sp³-hybridized carbons (Fsp3) is 0.533. The molecule has 0 saturated heterocycles. The Morgan fingerprint density at radius 3 is 2.42 bits per heavy atom. The van der Waals surface area contributed by atoms with Gasteiger partial charge in [-0.2, -0.15) is 0 Å². The molecule has 0 fully saturated rings. The number of likely N-dealkylation sites (N-methyl/N-ethyl adjacent to an activating group) is 1. The Morgan fingerprint density at radius 2 is 1.95 bits per heavy atom. The molecule has 4 nitrogen and oxygen atoms in total. The second-order valence-corrected chi connectivity index (χ2v) is 6.01. The van der Waals surface area contributed by atoms with Crippen LogP contribution in [0, 0.1) is 0 Å². The Labute approximate surface area is 115 Å². The fourth-order valence-electron chi connectivity index (χ4n) is 1.55. The number of hydrogen-bond acceptors (Lipinski definition) is 3. The van der Waals surface area contributed by atoms with Gasteiger partial charge in [0.15, 0.2) is 0 Å². The summed E-state index contributed by atoms with van der Waals surface area (Å²) >= 11 is 0. The van der Waals surface area contributed by atoms with Crippen molar-refractivity contribution in [1.82, 2.24) is 5.32 Å². The quantitative estimate of drug-likeness (QED) is 0.852. The maximum Gasteiger partial charge on any atom is 0.240 e. The van der Waals surface area contributed by atoms with Gasteiger partial charge in [-0.25, -0.2) is 0 Å². The van der Waals surface area contributed by atoms with Crippen molar-refractivity contribution in [2.45, 2.75) is 38.6 Å². The highest BCUT2D eigenvalue weighted by Crippen LogP contribution is 2.25. The summed E-state index contributed by atoms with van der Waals surface area (Å²) in [5, 5.41) is 2.89. The molecule has 1 amide bonds. The number of rotatable bonds is 5. The Bertz CT molecular complexity index is 452. The number of ether oxygens (including phenoxy) is 1. The van der Waals surface area contributed by atoms with Gasteiger partial charge < -0.3 is 15.8 Å². The predicted molar refractivity (Wildman–Crippen MR) is 77.3 cm³/mol. The van der Waals surface area contributed by atoms with Crippen molar-refractivity contribution < 1.29 is 9.53 Å². The van der Waals surface area contributed by atoms with E-state index in [-0.39, 0.29) is 12.0 Å². The summed E-state index contributed by atoms with van der Waals surface area (Å²) in [6.07, 6.45) is 0. The second kappa shape index (κ2) is 5.61. The molecule has 19 heavy (non-hydrogen) atoms. The van der Waals surface area contributed by atoms with E-state index < -0.39 is 11.4 Å². The molecule has 0 aliphatic carbocycles. The van der Waals surface area contributed by atoms with Crippen molar-refractivity contribution in [1.29, 1.82) is 0 Å². The zero-order valence-electron chi connectivity index (χ0n) is 12.4. The molecule has 0 radical (unpaired) electrons. The van der Waals surface area contributed by atoms with Crippen molar-refractivity contribution in [2.24, 2.45) is 5.73 Å². The molecule has 0 aliphatic rings. The van der Waals surface area contributed by atoms with Crippen LogP contribution in [0.1, 0.15) is 33.3 Å². The smallest absolute Gasteiger partial charge is 0.240 e. The van der Waals surface area contributed by atoms with Crippen LogP contribution in [-0.2, 0) is 10.2 Å². The molecule has 1 atom stereocenters. The minimum Gasteiger partial charge on any atom is -0.491 e. The molecular weight excluding hydrogens is 240 g/mol. The lowest BCUT2D eigenvalue weighted by molar-refractivity contribution is -0.124. The number of primary amides is 1. The van der Waals surface area contributed by atoms with Crippen molar-refractivity contribution in [3.63, 3.8) is 0 Å². The summed E-state index contributed by atoms with van der Waals surface area (Å²) in [4.78, 5) is 11.4. The number of carbonyl (C=O) groups excluding carboxylic acids is 1. The lowest BCUT2D eigenvalue weighted by Crippen LogP contribution is -2.55. The molecule has 1 aromatic carbocycles. The van der Waals surface area contributed by atoms with Crippen LogP contribution in [0.25, 0.3) is 0 Å². The van der Waals surface area contributed by atoms with Crippen LogP contribution >= 0.6 is 0 Å². The average molecular weight is 264 g/mol. The van der Waals surface area contributed by atoms with Gasteiger partial charge in [0.25, 0.3) is 0 Å². The van der Waals surface area contributed by atoms with Gasteiger partial charge in [-0.1, -0.05) is 32.9 Å². The van der Waals surface area contributed by atoms with Gasteiger partial charge in [-0.05, 0) is 37.1 Å². The number of carbonyl (C=O) groups is 1. The zero-order valence-corrected chi connectivity index (χ0v) is 12.4. The molecule has 0 spiro atoms. The van der Waals surface area contributed by atoms with Gasteiger partial charge in [0.2, 0.25) is 5.91 Å². The molecule has 3 N–H and O–H groups in total. The van der Waals surface area contributed by atoms with Gasteiger partial charge >= 0.3 is 0 Å². The molecule has 0 bridgehead atoms. The van der Waals surface area contributed by atoms with Crippen LogP contribution in [0.5, 0.6) is 5.75 Å². The van der Waals surface area contributed by atoms with Crippen molar-refractivity contribution in [3.8, 4) is 5.75 Å². The molecule has 1 unspecified atom stereocenters. The third kappa shape index (κ3) is 3.96. The van der Waals surface area contributed by atoms with E-state index in [4.69, 9.17) is 10.5 Å². The zero-order chi connectivity index (χ0) is 14.7. The van der Waals surface area contributed by atoms with Crippen molar-refractivity contribution in [3.05, 3.63) is 29.8 Å². The monoisotopic (exact) mass is 264 g/mol. The molecule has 106 valence electrons. The van der Waals surface area contributed by atoms with Gasteiger partial charge in [-0.3, -0.25) is 4.79 Å². The second-order valence-electron chi connectivity index (χ2n) is 6.01. The number of nitrogens with two attached hydrogens (primary N) is 1. The summed E-state index contributed by atoms with van der Waals surface area (Å²) < 4.78 is 5.70. The maximum absolute atomic E-state index is 11.4. The fourth-order valence-corrected chi connectivity index (χ4v) is 1.55. The van der Waals surface area contributed by atoms with E-state index in [0.717, 1.165) is 5.75 Å². The van der Waals surface area contributed by atoms with Gasteiger partial charge in [0, 0.05) is 0 Å². The third-order valence-corrected chi connectivity index (χ3v) is 3.32. The molecule has 0 saturated carbocycles. The standard InChI is InChI=1S/C15H24N2O2/c1-14(2,3)11-7-6-8-12(9-11)19-10-15(4,17-5)13(16)18/h6-9,17H,10H2,1-5H3,(H2,16,18). The highest BCUT2D eigenvalue weighted by Gasteiger charge is 2.30. The summed E-state index contributed by atoms with van der Waals surface area (Å²) in [6, 6.07) is 7.90. The lowest BCUT2D eigenvalue weighted by Gasteiger charge is -2.26. The van der Waals surface area contributed by atoms with E-state index in [0.29, 0.717) is 0 Å². The minimum atomic E-state index is -0.863. The van der Waals surface area contributed by atoms with Gasteiger partial charge in [-0.15, -0.1) is 0 Å². The number of amides is 1. The normalized spacial score (nSPS) is 14.8. The highest BCUT2D eigenvalue weighted by molar-refractivity contribution is 5.84. The Morgan fingerprint density at radius 1 is 1.32 bits per heavy atom. The van der Waals surface area contributed by atoms with Crippen LogP contribution < -0.4 is 15.8 Å². The van der Waals surface area contributed by atoms with Crippen molar-refractivity contribution in [2.75, 3.05) is 13.7 Å². The van der Waals surface area contributed by atoms with Crippen LogP contribution in [0.15, 0.2) is 24.3 Å². The average Bonchev–Trinajstić information content (AvgIpc) is 2.35. The Balaban J connectivity index is 2.82. The first kappa shape index (κ1) is 15.5. The van der Waals surface area contributed by atoms with E-state index in [9.17, 15) is 4.79 Å². The molecule has 0 aliphatic heterocycles. The summed E-state index contributed by atoms with van der Waals surface area (Å²) in [5.41, 5.74) is 5.75. The van der Waals surface area contributed by atoms with E-state index in [1.807, 2.05) is 18.2 Å². The van der Waals surface area contributed by atoms with Crippen LogP contribution in [0.4, 0.5) is 0 Å². The third-order valence-electron chi connectivity index (χ3n) is 3.32. The number of hydrogen-bond donors (Lipinski definition) is 2. The lowest BCUT2D eigenvalue weighted by atomic mass is 9.87. The maximum atomic E-state index is 11.4. The summed E-state index contributed by atoms with van der Waals surface area (Å²) in [6.45, 7) is 8.36. The number of benzene rings is 1. The van der Waals surface area contributed by atoms with Crippen LogP contribution in [-0.4, -0.2) is 25.1 Å². The van der Waals surface area contributed by atoms with Gasteiger partial charge in [0.1, 0.15) is 17.9 Å². The Kier molecular flexibility index (Phi) is 4.58. The summed E-state index contributed by atoms with van der Waals surface area (Å²) in [5.74, 6) is 0.317. The molecular formula is C15H24N2O2. The topological polar surface area (TPSA) is 64.3 Å². The molecule has 1 aromatic rings. The van der Waals surface area contributed by atoms with Crippen LogP contribution in [0.3, 0.4) is 0 Å². The van der Waals surface area contributed by atoms with Crippen molar-refractivity contribution >= 4 is 5.91 Å². The predicted octanol–water partition coefficient (Wildman–Crippen LogP) is 1.83. The van der Waals surface area contributed by atoms with E-state index in [1.54, 1.807) is 14.0 Å². The van der Waals surface area contributed by atoms with E-state index in [1.165, 1.54) is 5.56 Å². The van der Waals surface area contributed by atoms with E-state index in [2.05, 4.69) is 32.2 Å². The molecule has 0 heterocycles. The number of nitrogens with one attached hydrogen (secondary N) is 1. The first-order chi connectivity index (χ1) is 8.69. The first-order valence-corrected chi connectivity index (χ1v) is 6.41. The Hall–Kier alpha value is -1.55. The minimum absolute atomic E-state index is 0.0648. The molecule has 4 heteroatoms. The summed E-state index contributed by atoms with van der Waals surface area (Å²) in [7, 11) is 1.69. The molecule has 1 rings (SSSR count). The molecule has 0 aromatic heterocycles.